The highest BCUT2D eigenvalue weighted by Crippen LogP contribution is 2.53. The maximum atomic E-state index is 12.5. The number of benzene rings is 1. The van der Waals surface area contributed by atoms with Crippen LogP contribution in [-0.4, -0.2) is 43.7 Å². The summed E-state index contributed by atoms with van der Waals surface area (Å²) in [5.74, 6) is -0.546. The summed E-state index contributed by atoms with van der Waals surface area (Å²) in [7, 11) is -1.63. The van der Waals surface area contributed by atoms with E-state index in [0.29, 0.717) is 5.03 Å². The van der Waals surface area contributed by atoms with Crippen molar-refractivity contribution in [2.45, 2.75) is 5.78 Å². The fourth-order valence-corrected chi connectivity index (χ4v) is 3.45. The van der Waals surface area contributed by atoms with E-state index in [9.17, 15) is 4.57 Å². The van der Waals surface area contributed by atoms with E-state index in [0.717, 1.165) is 5.56 Å². The fourth-order valence-electron chi connectivity index (χ4n) is 1.64. The first-order chi connectivity index (χ1) is 10.9. The molecular formula is C13H20Cl2NO7P. The molecule has 24 heavy (non-hydrogen) atoms. The average Bonchev–Trinajstić information content (AvgIpc) is 2.50. The summed E-state index contributed by atoms with van der Waals surface area (Å²) in [6.07, 6.45) is 1.69. The highest BCUT2D eigenvalue weighted by molar-refractivity contribution is 7.54. The Hall–Kier alpha value is -0.510. The van der Waals surface area contributed by atoms with E-state index in [2.05, 4.69) is 0 Å². The van der Waals surface area contributed by atoms with Crippen LogP contribution in [0.15, 0.2) is 36.4 Å². The van der Waals surface area contributed by atoms with Crippen LogP contribution in [0.1, 0.15) is 5.56 Å². The van der Waals surface area contributed by atoms with Crippen molar-refractivity contribution in [1.82, 2.24) is 4.90 Å². The van der Waals surface area contributed by atoms with Crippen LogP contribution in [0, 0.1) is 10.2 Å². The molecule has 0 saturated carbocycles. The number of hydrogen-bond acceptors (Lipinski definition) is 8. The molecule has 1 aromatic rings. The SMILES string of the molecule is COP(=O)(OC)C(/C=C(\Cl)c1ccccc1)N(C)C.[O-][Cl+3]([O-])([O-])O. The predicted octanol–water partition coefficient (Wildman–Crippen LogP) is -0.484. The molecule has 1 aromatic carbocycles. The lowest BCUT2D eigenvalue weighted by molar-refractivity contribution is -1.92. The smallest absolute Gasteiger partial charge is 0.311 e. The molecule has 0 aliphatic rings. The van der Waals surface area contributed by atoms with Crippen LogP contribution in [0.4, 0.5) is 0 Å². The highest BCUT2D eigenvalue weighted by atomic mass is 35.7. The van der Waals surface area contributed by atoms with Crippen molar-refractivity contribution in [1.29, 1.82) is 0 Å². The molecule has 1 rings (SSSR count). The maximum absolute atomic E-state index is 12.5. The Kier molecular flexibility index (Phi) is 10.3. The van der Waals surface area contributed by atoms with Crippen molar-refractivity contribution >= 4 is 24.2 Å². The second kappa shape index (κ2) is 10.5. The summed E-state index contributed by atoms with van der Waals surface area (Å²) in [5.41, 5.74) is 0.856. The highest BCUT2D eigenvalue weighted by Gasteiger charge is 2.34. The molecular weight excluding hydrogens is 384 g/mol. The molecule has 0 fully saturated rings. The third kappa shape index (κ3) is 9.10. The van der Waals surface area contributed by atoms with Crippen molar-refractivity contribution in [2.75, 3.05) is 28.3 Å². The van der Waals surface area contributed by atoms with E-state index in [1.165, 1.54) is 14.2 Å². The Balaban J connectivity index is 0.000000922. The van der Waals surface area contributed by atoms with Crippen LogP contribution >= 0.6 is 19.2 Å². The first-order valence-electron chi connectivity index (χ1n) is 6.38. The van der Waals surface area contributed by atoms with Gasteiger partial charge in [0.15, 0.2) is 0 Å². The van der Waals surface area contributed by atoms with Crippen LogP contribution in [0.25, 0.3) is 5.03 Å². The number of nitrogens with zero attached hydrogens (tertiary/aromatic N) is 1. The van der Waals surface area contributed by atoms with E-state index in [1.807, 2.05) is 30.3 Å². The Morgan fingerprint density at radius 1 is 1.25 bits per heavy atom. The van der Waals surface area contributed by atoms with Crippen molar-refractivity contribution in [2.24, 2.45) is 0 Å². The lowest BCUT2D eigenvalue weighted by Gasteiger charge is -2.27. The summed E-state index contributed by atoms with van der Waals surface area (Å²) >= 11 is 6.27. The Morgan fingerprint density at radius 2 is 1.67 bits per heavy atom. The van der Waals surface area contributed by atoms with Gasteiger partial charge in [0.2, 0.25) is 0 Å². The minimum Gasteiger partial charge on any atom is -0.311 e. The van der Waals surface area contributed by atoms with Gasteiger partial charge in [-0.3, -0.25) is 9.46 Å². The zero-order valence-electron chi connectivity index (χ0n) is 13.6. The predicted molar refractivity (Wildman–Crippen MR) is 81.6 cm³/mol. The zero-order valence-corrected chi connectivity index (χ0v) is 16.0. The molecule has 0 spiro atoms. The molecule has 8 nitrogen and oxygen atoms in total. The van der Waals surface area contributed by atoms with Crippen LogP contribution in [0.3, 0.4) is 0 Å². The van der Waals surface area contributed by atoms with Crippen LogP contribution in [0.5, 0.6) is 0 Å². The monoisotopic (exact) mass is 403 g/mol. The molecule has 1 atom stereocenters. The summed E-state index contributed by atoms with van der Waals surface area (Å²) in [5, 5.41) is 0.508. The molecule has 11 heteroatoms. The lowest BCUT2D eigenvalue weighted by Crippen LogP contribution is -2.58. The van der Waals surface area contributed by atoms with Gasteiger partial charge in [0.1, 0.15) is 5.78 Å². The van der Waals surface area contributed by atoms with Gasteiger partial charge >= 0.3 is 7.60 Å². The molecule has 0 heterocycles. The third-order valence-electron chi connectivity index (χ3n) is 2.71. The first kappa shape index (κ1) is 23.5. The van der Waals surface area contributed by atoms with E-state index in [1.54, 1.807) is 25.1 Å². The van der Waals surface area contributed by atoms with Gasteiger partial charge in [-0.2, -0.15) is 14.0 Å². The molecule has 0 aliphatic carbocycles. The molecule has 0 radical (unpaired) electrons. The number of halogens is 2. The number of hydrogen-bond donors (Lipinski definition) is 1. The van der Waals surface area contributed by atoms with E-state index >= 15 is 0 Å². The lowest BCUT2D eigenvalue weighted by atomic mass is 10.2. The second-order valence-electron chi connectivity index (χ2n) is 4.56. The van der Waals surface area contributed by atoms with E-state index in [4.69, 9.17) is 39.3 Å². The molecule has 0 aromatic heterocycles. The zero-order chi connectivity index (χ0) is 19.0. The van der Waals surface area contributed by atoms with Crippen molar-refractivity contribution < 1.29 is 42.5 Å². The quantitative estimate of drug-likeness (QED) is 0.630. The number of likely N-dealkylation sites (N-methyl/N-ethyl adjacent to an activating group) is 1. The topological polar surface area (TPSA) is 128 Å². The summed E-state index contributed by atoms with van der Waals surface area (Å²) in [6.45, 7) is 0. The van der Waals surface area contributed by atoms with Gasteiger partial charge in [0.05, 0.1) is 14.9 Å². The Bertz CT molecular complexity index is 549. The van der Waals surface area contributed by atoms with Gasteiger partial charge < -0.3 is 9.05 Å². The summed E-state index contributed by atoms with van der Waals surface area (Å²) in [4.78, 5) is 1.75. The molecule has 0 aliphatic heterocycles. The molecule has 0 amide bonds. The minimum atomic E-state index is -4.69. The van der Waals surface area contributed by atoms with Gasteiger partial charge in [-0.15, -0.1) is 0 Å². The van der Waals surface area contributed by atoms with Crippen molar-refractivity contribution in [3.05, 3.63) is 42.0 Å². The normalized spacial score (nSPS) is 14.2. The molecule has 138 valence electrons. The molecule has 0 bridgehead atoms. The summed E-state index contributed by atoms with van der Waals surface area (Å²) < 4.78 is 55.3. The summed E-state index contributed by atoms with van der Waals surface area (Å²) in [6, 6.07) is 9.46. The van der Waals surface area contributed by atoms with E-state index < -0.39 is 23.6 Å². The van der Waals surface area contributed by atoms with Crippen LogP contribution < -0.4 is 14.0 Å². The Morgan fingerprint density at radius 3 is 2.00 bits per heavy atom. The van der Waals surface area contributed by atoms with Crippen molar-refractivity contribution in [3.8, 4) is 0 Å². The fraction of sp³-hybridized carbons (Fsp3) is 0.385. The van der Waals surface area contributed by atoms with Gasteiger partial charge in [0.25, 0.3) is 0 Å². The van der Waals surface area contributed by atoms with Crippen LogP contribution in [0.2, 0.25) is 0 Å². The largest absolute Gasteiger partial charge is 0.351 e. The van der Waals surface area contributed by atoms with Gasteiger partial charge in [0, 0.05) is 19.3 Å². The molecule has 0 saturated heterocycles. The number of rotatable bonds is 6. The van der Waals surface area contributed by atoms with Gasteiger partial charge in [-0.1, -0.05) is 41.9 Å². The second-order valence-corrected chi connectivity index (χ2v) is 8.10. The minimum absolute atomic E-state index is 0.508. The van der Waals surface area contributed by atoms with Crippen LogP contribution in [-0.2, 0) is 13.6 Å². The average molecular weight is 404 g/mol. The third-order valence-corrected chi connectivity index (χ3v) is 5.33. The standard InChI is InChI=1S/C13H19ClNO3P.ClHO4/c1-15(2)13(19(16,17-3)18-4)10-12(14)11-8-6-5-7-9-11;2-1(3,4)5/h5-10,13H,1-4H3;(H,2,3,4,5)/b12-10-;. The maximum Gasteiger partial charge on any atom is 0.351 e. The Labute approximate surface area is 148 Å². The molecule has 1 N–H and O–H groups in total. The molecule has 1 unspecified atom stereocenters. The van der Waals surface area contributed by atoms with E-state index in [-0.39, 0.29) is 0 Å². The van der Waals surface area contributed by atoms with Crippen molar-refractivity contribution in [3.63, 3.8) is 0 Å². The first-order valence-corrected chi connectivity index (χ1v) is 9.63. The van der Waals surface area contributed by atoms with Gasteiger partial charge in [-0.25, -0.2) is 0 Å². The van der Waals surface area contributed by atoms with Gasteiger partial charge in [-0.05, 0) is 25.7 Å².